The lowest BCUT2D eigenvalue weighted by molar-refractivity contribution is 0.193. The Morgan fingerprint density at radius 1 is 1.29 bits per heavy atom. The number of methoxy groups -OCH3 is 1. The van der Waals surface area contributed by atoms with Crippen molar-refractivity contribution in [3.8, 4) is 0 Å². The molecule has 0 unspecified atom stereocenters. The van der Waals surface area contributed by atoms with Gasteiger partial charge in [0, 0.05) is 33.4 Å². The lowest BCUT2D eigenvalue weighted by Crippen LogP contribution is -2.26. The van der Waals surface area contributed by atoms with Crippen LogP contribution >= 0.6 is 0 Å². The number of hydrogen-bond acceptors (Lipinski definition) is 5. The summed E-state index contributed by atoms with van der Waals surface area (Å²) in [5, 5.41) is 13.1. The molecule has 0 amide bonds. The van der Waals surface area contributed by atoms with Crippen molar-refractivity contribution in [1.29, 1.82) is 0 Å². The summed E-state index contributed by atoms with van der Waals surface area (Å²) in [6, 6.07) is 0. The molecule has 1 aromatic heterocycles. The maximum Gasteiger partial charge on any atom is 0.244 e. The molecule has 1 heterocycles. The third-order valence-electron chi connectivity index (χ3n) is 3.18. The molecule has 122 valence electrons. The topological polar surface area (TPSA) is 93.5 Å². The molecule has 7 nitrogen and oxygen atoms in total. The molecule has 8 heteroatoms. The van der Waals surface area contributed by atoms with Gasteiger partial charge in [0.25, 0.3) is 0 Å². The number of aliphatic hydroxyl groups is 1. The molecule has 0 saturated carbocycles. The SMILES string of the molecule is COCCCCNS(=O)(=O)c1c(C)nn(CCCO)c1C. The highest BCUT2D eigenvalue weighted by Crippen LogP contribution is 2.19. The molecule has 1 rings (SSSR count). The highest BCUT2D eigenvalue weighted by Gasteiger charge is 2.23. The van der Waals surface area contributed by atoms with Gasteiger partial charge >= 0.3 is 0 Å². The zero-order chi connectivity index (χ0) is 15.9. The highest BCUT2D eigenvalue weighted by molar-refractivity contribution is 7.89. The lowest BCUT2D eigenvalue weighted by atomic mass is 10.3. The predicted molar refractivity (Wildman–Crippen MR) is 79.7 cm³/mol. The molecule has 2 N–H and O–H groups in total. The second-order valence-corrected chi connectivity index (χ2v) is 6.60. The van der Waals surface area contributed by atoms with Gasteiger partial charge in [0.2, 0.25) is 10.0 Å². The van der Waals surface area contributed by atoms with Crippen molar-refractivity contribution in [1.82, 2.24) is 14.5 Å². The smallest absolute Gasteiger partial charge is 0.244 e. The molecule has 0 aliphatic carbocycles. The van der Waals surface area contributed by atoms with Gasteiger partial charge in [-0.15, -0.1) is 0 Å². The second kappa shape index (κ2) is 8.47. The number of aliphatic hydroxyl groups excluding tert-OH is 1. The Bertz CT molecular complexity index is 540. The van der Waals surface area contributed by atoms with Crippen molar-refractivity contribution in [2.75, 3.05) is 26.9 Å². The van der Waals surface area contributed by atoms with Crippen LogP contribution in [-0.2, 0) is 21.3 Å². The summed E-state index contributed by atoms with van der Waals surface area (Å²) in [6.45, 7) is 4.98. The van der Waals surface area contributed by atoms with E-state index in [1.165, 1.54) is 0 Å². The Morgan fingerprint density at radius 2 is 2.00 bits per heavy atom. The van der Waals surface area contributed by atoms with Gasteiger partial charge in [0.15, 0.2) is 0 Å². The minimum absolute atomic E-state index is 0.0538. The molecule has 0 aromatic carbocycles. The molecular weight excluding hydrogens is 294 g/mol. The van der Waals surface area contributed by atoms with Crippen LogP contribution in [0.1, 0.15) is 30.7 Å². The zero-order valence-corrected chi connectivity index (χ0v) is 13.7. The number of aromatic nitrogens is 2. The van der Waals surface area contributed by atoms with Crippen LogP contribution in [-0.4, -0.2) is 50.2 Å². The van der Waals surface area contributed by atoms with E-state index in [0.29, 0.717) is 37.5 Å². The first-order valence-corrected chi connectivity index (χ1v) is 8.55. The van der Waals surface area contributed by atoms with E-state index in [9.17, 15) is 8.42 Å². The summed E-state index contributed by atoms with van der Waals surface area (Å²) in [4.78, 5) is 0.243. The van der Waals surface area contributed by atoms with Crippen molar-refractivity contribution in [3.05, 3.63) is 11.4 Å². The summed E-state index contributed by atoms with van der Waals surface area (Å²) >= 11 is 0. The standard InChI is InChI=1S/C13H25N3O4S/c1-11-13(12(2)16(15-11)8-6-9-17)21(18,19)14-7-4-5-10-20-3/h14,17H,4-10H2,1-3H3. The molecule has 0 bridgehead atoms. The summed E-state index contributed by atoms with van der Waals surface area (Å²) in [5.41, 5.74) is 1.08. The van der Waals surface area contributed by atoms with E-state index in [0.717, 1.165) is 12.8 Å². The van der Waals surface area contributed by atoms with E-state index in [-0.39, 0.29) is 11.5 Å². The van der Waals surface area contributed by atoms with Gasteiger partial charge < -0.3 is 9.84 Å². The van der Waals surface area contributed by atoms with Crippen LogP contribution in [0, 0.1) is 13.8 Å². The first kappa shape index (κ1) is 18.1. The van der Waals surface area contributed by atoms with Gasteiger partial charge in [-0.05, 0) is 33.1 Å². The third-order valence-corrected chi connectivity index (χ3v) is 4.89. The highest BCUT2D eigenvalue weighted by atomic mass is 32.2. The van der Waals surface area contributed by atoms with Crippen LogP contribution in [0.25, 0.3) is 0 Å². The Hall–Kier alpha value is -0.960. The maximum absolute atomic E-state index is 12.3. The van der Waals surface area contributed by atoms with E-state index >= 15 is 0 Å². The van der Waals surface area contributed by atoms with E-state index in [2.05, 4.69) is 9.82 Å². The normalized spacial score (nSPS) is 12.0. The number of rotatable bonds is 10. The van der Waals surface area contributed by atoms with Gasteiger partial charge in [-0.1, -0.05) is 0 Å². The first-order valence-electron chi connectivity index (χ1n) is 7.07. The largest absolute Gasteiger partial charge is 0.396 e. The fourth-order valence-electron chi connectivity index (χ4n) is 2.16. The van der Waals surface area contributed by atoms with Crippen LogP contribution in [0.2, 0.25) is 0 Å². The van der Waals surface area contributed by atoms with Gasteiger partial charge in [0.05, 0.1) is 11.4 Å². The Labute approximate surface area is 126 Å². The van der Waals surface area contributed by atoms with Crippen LogP contribution < -0.4 is 4.72 Å². The lowest BCUT2D eigenvalue weighted by Gasteiger charge is -2.08. The molecule has 1 aromatic rings. The number of ether oxygens (including phenoxy) is 1. The number of sulfonamides is 1. The van der Waals surface area contributed by atoms with Crippen molar-refractivity contribution in [2.45, 2.75) is 44.6 Å². The van der Waals surface area contributed by atoms with Crippen molar-refractivity contribution in [3.63, 3.8) is 0 Å². The number of hydrogen-bond donors (Lipinski definition) is 2. The summed E-state index contributed by atoms with van der Waals surface area (Å²) in [5.74, 6) is 0. The molecule has 0 radical (unpaired) electrons. The van der Waals surface area contributed by atoms with Gasteiger partial charge in [-0.2, -0.15) is 5.10 Å². The molecule has 0 fully saturated rings. The first-order chi connectivity index (χ1) is 9.94. The maximum atomic E-state index is 12.3. The average molecular weight is 319 g/mol. The van der Waals surface area contributed by atoms with Gasteiger partial charge in [-0.25, -0.2) is 13.1 Å². The quantitative estimate of drug-likeness (QED) is 0.616. The monoisotopic (exact) mass is 319 g/mol. The van der Waals surface area contributed by atoms with E-state index in [4.69, 9.17) is 9.84 Å². The van der Waals surface area contributed by atoms with Crippen molar-refractivity contribution in [2.24, 2.45) is 0 Å². The molecule has 0 aliphatic heterocycles. The summed E-state index contributed by atoms with van der Waals surface area (Å²) in [6.07, 6.45) is 2.09. The second-order valence-electron chi connectivity index (χ2n) is 4.90. The van der Waals surface area contributed by atoms with Crippen LogP contribution in [0.5, 0.6) is 0 Å². The predicted octanol–water partition coefficient (Wildman–Crippen LogP) is 0.587. The van der Waals surface area contributed by atoms with Crippen molar-refractivity contribution < 1.29 is 18.3 Å². The van der Waals surface area contributed by atoms with E-state index < -0.39 is 10.0 Å². The fraction of sp³-hybridized carbons (Fsp3) is 0.769. The molecule has 21 heavy (non-hydrogen) atoms. The molecule has 0 spiro atoms. The Balaban J connectivity index is 2.76. The van der Waals surface area contributed by atoms with Crippen LogP contribution in [0.3, 0.4) is 0 Å². The fourth-order valence-corrected chi connectivity index (χ4v) is 3.64. The molecule has 0 saturated heterocycles. The van der Waals surface area contributed by atoms with Gasteiger partial charge in [0.1, 0.15) is 4.90 Å². The Morgan fingerprint density at radius 3 is 2.62 bits per heavy atom. The summed E-state index contributed by atoms with van der Waals surface area (Å²) < 4.78 is 33.9. The van der Waals surface area contributed by atoms with E-state index in [1.54, 1.807) is 25.6 Å². The van der Waals surface area contributed by atoms with Gasteiger partial charge in [-0.3, -0.25) is 4.68 Å². The zero-order valence-electron chi connectivity index (χ0n) is 12.9. The molecule has 0 aliphatic rings. The number of nitrogens with one attached hydrogen (secondary N) is 1. The molecular formula is C13H25N3O4S. The average Bonchev–Trinajstić information content (AvgIpc) is 2.71. The third kappa shape index (κ3) is 5.06. The Kier molecular flexibility index (Phi) is 7.30. The summed E-state index contributed by atoms with van der Waals surface area (Å²) in [7, 11) is -1.93. The number of aryl methyl sites for hydroxylation is 2. The minimum atomic E-state index is -3.55. The number of unbranched alkanes of at least 4 members (excludes halogenated alkanes) is 1. The number of nitrogens with zero attached hydrogens (tertiary/aromatic N) is 2. The van der Waals surface area contributed by atoms with Crippen molar-refractivity contribution >= 4 is 10.0 Å². The minimum Gasteiger partial charge on any atom is -0.396 e. The van der Waals surface area contributed by atoms with E-state index in [1.807, 2.05) is 0 Å². The van der Waals surface area contributed by atoms with Crippen LogP contribution in [0.4, 0.5) is 0 Å². The van der Waals surface area contributed by atoms with Crippen LogP contribution in [0.15, 0.2) is 4.90 Å². The molecule has 0 atom stereocenters.